The van der Waals surface area contributed by atoms with Crippen LogP contribution >= 0.6 is 0 Å². The van der Waals surface area contributed by atoms with Crippen LogP contribution in [0.25, 0.3) is 11.6 Å². The molecule has 1 atom stereocenters. The van der Waals surface area contributed by atoms with Gasteiger partial charge >= 0.3 is 0 Å². The summed E-state index contributed by atoms with van der Waals surface area (Å²) in [7, 11) is 0. The predicted octanol–water partition coefficient (Wildman–Crippen LogP) is 0.537. The molecule has 3 aromatic heterocycles. The largest absolute Gasteiger partial charge is 0.489 e. The first-order valence-electron chi connectivity index (χ1n) is 8.05. The van der Waals surface area contributed by atoms with Crippen molar-refractivity contribution in [1.82, 2.24) is 19.6 Å². The second kappa shape index (κ2) is 6.34. The van der Waals surface area contributed by atoms with E-state index in [-0.39, 0.29) is 18.2 Å². The van der Waals surface area contributed by atoms with Gasteiger partial charge in [-0.25, -0.2) is 13.9 Å². The fourth-order valence-electron chi connectivity index (χ4n) is 2.72. The van der Waals surface area contributed by atoms with Gasteiger partial charge in [-0.3, -0.25) is 4.99 Å². The molecule has 0 aliphatic carbocycles. The van der Waals surface area contributed by atoms with E-state index in [1.165, 1.54) is 17.0 Å². The maximum Gasteiger partial charge on any atom is 0.247 e. The van der Waals surface area contributed by atoms with Crippen LogP contribution in [0.15, 0.2) is 23.7 Å². The number of ether oxygens (including phenoxy) is 2. The summed E-state index contributed by atoms with van der Waals surface area (Å²) in [5.74, 6) is 0.156. The van der Waals surface area contributed by atoms with Gasteiger partial charge in [0.05, 0.1) is 30.3 Å². The van der Waals surface area contributed by atoms with Gasteiger partial charge in [0.25, 0.3) is 0 Å². The van der Waals surface area contributed by atoms with E-state index >= 15 is 0 Å². The molecule has 26 heavy (non-hydrogen) atoms. The fraction of sp³-hybridized carbons (Fsp3) is 0.294. The molecule has 9 heteroatoms. The Morgan fingerprint density at radius 3 is 3.00 bits per heavy atom. The van der Waals surface area contributed by atoms with E-state index in [1.807, 2.05) is 6.92 Å². The third kappa shape index (κ3) is 2.76. The van der Waals surface area contributed by atoms with Crippen LogP contribution in [0.1, 0.15) is 12.5 Å². The number of aryl methyl sites for hydroxylation is 1. The minimum absolute atomic E-state index is 0.0373. The van der Waals surface area contributed by atoms with Gasteiger partial charge in [-0.15, -0.1) is 0 Å². The van der Waals surface area contributed by atoms with Gasteiger partial charge in [-0.2, -0.15) is 10.1 Å². The summed E-state index contributed by atoms with van der Waals surface area (Å²) in [6.07, 6.45) is 5.31. The lowest BCUT2D eigenvalue weighted by Gasteiger charge is -2.08. The van der Waals surface area contributed by atoms with Crippen molar-refractivity contribution in [3.63, 3.8) is 0 Å². The van der Waals surface area contributed by atoms with Crippen LogP contribution in [0.4, 0.5) is 4.39 Å². The number of rotatable bonds is 5. The molecule has 0 aromatic carbocycles. The Bertz CT molecular complexity index is 1110. The van der Waals surface area contributed by atoms with Crippen LogP contribution in [0.2, 0.25) is 0 Å². The Kier molecular flexibility index (Phi) is 4.00. The number of aliphatic hydroxyl groups is 1. The van der Waals surface area contributed by atoms with E-state index < -0.39 is 11.9 Å². The minimum Gasteiger partial charge on any atom is -0.489 e. The normalized spacial score (nSPS) is 13.8. The number of hydrogen-bond donors (Lipinski definition) is 1. The van der Waals surface area contributed by atoms with Crippen LogP contribution in [-0.2, 0) is 0 Å². The fourth-order valence-corrected chi connectivity index (χ4v) is 2.72. The van der Waals surface area contributed by atoms with Crippen molar-refractivity contribution in [2.75, 3.05) is 13.2 Å². The van der Waals surface area contributed by atoms with E-state index in [0.29, 0.717) is 28.5 Å². The number of aliphatic hydroxyl groups excluding tert-OH is 1. The Hall–Kier alpha value is -3.07. The molecule has 1 aliphatic rings. The lowest BCUT2D eigenvalue weighted by molar-refractivity contribution is 0.122. The first kappa shape index (κ1) is 16.4. The summed E-state index contributed by atoms with van der Waals surface area (Å²) < 4.78 is 27.4. The molecule has 0 saturated heterocycles. The van der Waals surface area contributed by atoms with E-state index in [9.17, 15) is 9.50 Å². The third-order valence-electron chi connectivity index (χ3n) is 3.97. The maximum absolute atomic E-state index is 14.6. The van der Waals surface area contributed by atoms with Crippen LogP contribution in [0.5, 0.6) is 17.4 Å². The highest BCUT2D eigenvalue weighted by molar-refractivity contribution is 5.67. The quantitative estimate of drug-likeness (QED) is 0.716. The number of fused-ring (bicyclic) bond motifs is 2. The summed E-state index contributed by atoms with van der Waals surface area (Å²) in [6.45, 7) is 3.99. The number of hydrogen-bond acceptors (Lipinski definition) is 7. The molecule has 134 valence electrons. The van der Waals surface area contributed by atoms with Gasteiger partial charge in [0, 0.05) is 5.56 Å². The topological polar surface area (TPSA) is 94.1 Å². The zero-order chi connectivity index (χ0) is 18.3. The van der Waals surface area contributed by atoms with Crippen molar-refractivity contribution in [2.24, 2.45) is 4.99 Å². The molecule has 1 unspecified atom stereocenters. The molecule has 0 fully saturated rings. The Morgan fingerprint density at radius 1 is 1.35 bits per heavy atom. The van der Waals surface area contributed by atoms with Gasteiger partial charge in [0.15, 0.2) is 17.1 Å². The molecule has 3 aromatic rings. The highest BCUT2D eigenvalue weighted by Crippen LogP contribution is 2.31. The zero-order valence-corrected chi connectivity index (χ0v) is 14.2. The lowest BCUT2D eigenvalue weighted by Crippen LogP contribution is -2.28. The summed E-state index contributed by atoms with van der Waals surface area (Å²) in [5.41, 5.74) is 1.63. The average molecular weight is 357 g/mol. The van der Waals surface area contributed by atoms with Gasteiger partial charge in [-0.1, -0.05) is 0 Å². The Balaban J connectivity index is 1.75. The second-order valence-electron chi connectivity index (χ2n) is 5.96. The molecule has 1 N–H and O–H groups in total. The molecule has 8 nitrogen and oxygen atoms in total. The summed E-state index contributed by atoms with van der Waals surface area (Å²) in [4.78, 5) is 12.3. The van der Waals surface area contributed by atoms with Crippen LogP contribution in [-0.4, -0.2) is 43.9 Å². The molecule has 0 saturated carbocycles. The molecular weight excluding hydrogens is 341 g/mol. The third-order valence-corrected chi connectivity index (χ3v) is 3.97. The highest BCUT2D eigenvalue weighted by atomic mass is 19.1. The van der Waals surface area contributed by atoms with Crippen molar-refractivity contribution in [2.45, 2.75) is 20.0 Å². The van der Waals surface area contributed by atoms with E-state index in [2.05, 4.69) is 20.1 Å². The van der Waals surface area contributed by atoms with Gasteiger partial charge in [-0.05, 0) is 19.9 Å². The van der Waals surface area contributed by atoms with Crippen LogP contribution in [0.3, 0.4) is 0 Å². The van der Waals surface area contributed by atoms with Gasteiger partial charge in [0.1, 0.15) is 24.2 Å². The van der Waals surface area contributed by atoms with E-state index in [1.54, 1.807) is 19.2 Å². The average Bonchev–Trinajstić information content (AvgIpc) is 3.21. The summed E-state index contributed by atoms with van der Waals surface area (Å²) in [6, 6.07) is 0. The molecule has 0 amide bonds. The highest BCUT2D eigenvalue weighted by Gasteiger charge is 2.18. The first-order chi connectivity index (χ1) is 12.5. The van der Waals surface area contributed by atoms with Crippen molar-refractivity contribution < 1.29 is 19.0 Å². The van der Waals surface area contributed by atoms with Gasteiger partial charge in [0.2, 0.25) is 5.88 Å². The SMILES string of the molecule is Cc1c(OCC(C)O)cn2ncnc(Oc3cnc4c(c3F)=CCN=4)c12. The predicted molar refractivity (Wildman–Crippen MR) is 89.3 cm³/mol. The number of pyridine rings is 1. The van der Waals surface area contributed by atoms with Gasteiger partial charge < -0.3 is 14.6 Å². The van der Waals surface area contributed by atoms with Crippen LogP contribution in [0, 0.1) is 12.7 Å². The first-order valence-corrected chi connectivity index (χ1v) is 8.05. The monoisotopic (exact) mass is 357 g/mol. The molecule has 1 aliphatic heterocycles. The molecule has 0 bridgehead atoms. The summed E-state index contributed by atoms with van der Waals surface area (Å²) in [5, 5.41) is 13.9. The van der Waals surface area contributed by atoms with Crippen LogP contribution < -0.4 is 20.2 Å². The number of nitrogens with zero attached hydrogens (tertiary/aromatic N) is 5. The Labute approximate surface area is 147 Å². The molecule has 4 rings (SSSR count). The standard InChI is InChI=1S/C17H16FN5O3/c1-9(24)7-25-13-6-23-15(10(13)2)17(21-8-22-23)26-12-5-20-16-11(14(12)18)3-4-19-16/h3,5-6,8-9,24H,4,7H2,1-2H3. The zero-order valence-electron chi connectivity index (χ0n) is 14.2. The van der Waals surface area contributed by atoms with E-state index in [4.69, 9.17) is 9.47 Å². The number of halogens is 1. The molecule has 0 spiro atoms. The lowest BCUT2D eigenvalue weighted by atomic mass is 10.3. The Morgan fingerprint density at radius 2 is 2.19 bits per heavy atom. The minimum atomic E-state index is -0.604. The second-order valence-corrected chi connectivity index (χ2v) is 5.96. The molecule has 4 heterocycles. The number of aromatic nitrogens is 4. The van der Waals surface area contributed by atoms with Crippen molar-refractivity contribution in [3.05, 3.63) is 40.8 Å². The smallest absolute Gasteiger partial charge is 0.247 e. The molecule has 0 radical (unpaired) electrons. The maximum atomic E-state index is 14.6. The van der Waals surface area contributed by atoms with E-state index in [0.717, 1.165) is 5.56 Å². The van der Waals surface area contributed by atoms with Crippen molar-refractivity contribution in [3.8, 4) is 17.4 Å². The van der Waals surface area contributed by atoms with Crippen molar-refractivity contribution in [1.29, 1.82) is 0 Å². The van der Waals surface area contributed by atoms with Crippen molar-refractivity contribution >= 4 is 11.6 Å². The molecular formula is C17H16FN5O3. The summed E-state index contributed by atoms with van der Waals surface area (Å²) >= 11 is 0.